The smallest absolute Gasteiger partial charge is 0.322 e. The average molecular weight is 564 g/mol. The molecule has 0 radical (unpaired) electrons. The third-order valence-electron chi connectivity index (χ3n) is 7.37. The molecule has 9 heteroatoms. The second-order valence-electron chi connectivity index (χ2n) is 10.8. The van der Waals surface area contributed by atoms with Gasteiger partial charge in [-0.3, -0.25) is 4.79 Å². The summed E-state index contributed by atoms with van der Waals surface area (Å²) in [6.07, 6.45) is 4.28. The van der Waals surface area contributed by atoms with Gasteiger partial charge < -0.3 is 15.7 Å². The van der Waals surface area contributed by atoms with Crippen molar-refractivity contribution in [1.82, 2.24) is 10.0 Å². The van der Waals surface area contributed by atoms with E-state index < -0.39 is 22.0 Å². The number of carbonyl (C=O) groups is 2. The summed E-state index contributed by atoms with van der Waals surface area (Å²) in [5, 5.41) is 15.8. The van der Waals surface area contributed by atoms with Crippen molar-refractivity contribution in [2.24, 2.45) is 0 Å². The number of carbonyl (C=O) groups excluding carboxylic acids is 1. The molecule has 1 aliphatic rings. The third kappa shape index (κ3) is 7.08. The minimum Gasteiger partial charge on any atom is -0.480 e. The van der Waals surface area contributed by atoms with E-state index in [9.17, 15) is 23.1 Å². The first-order valence-electron chi connectivity index (χ1n) is 13.5. The molecule has 212 valence electrons. The van der Waals surface area contributed by atoms with E-state index in [2.05, 4.69) is 15.4 Å². The highest BCUT2D eigenvalue weighted by Crippen LogP contribution is 2.27. The van der Waals surface area contributed by atoms with Gasteiger partial charge in [-0.2, -0.15) is 4.72 Å². The van der Waals surface area contributed by atoms with Crippen LogP contribution in [0.4, 0.5) is 10.5 Å². The largest absolute Gasteiger partial charge is 0.480 e. The number of benzene rings is 3. The zero-order valence-electron chi connectivity index (χ0n) is 23.4. The fraction of sp³-hybridized carbons (Fsp3) is 0.355. The molecule has 0 spiro atoms. The number of sulfonamides is 1. The number of aliphatic carboxylic acids is 1. The molecule has 0 bridgehead atoms. The van der Waals surface area contributed by atoms with Crippen molar-refractivity contribution in [1.29, 1.82) is 0 Å². The predicted molar refractivity (Wildman–Crippen MR) is 157 cm³/mol. The van der Waals surface area contributed by atoms with Crippen molar-refractivity contribution < 1.29 is 23.1 Å². The molecule has 0 aliphatic heterocycles. The van der Waals surface area contributed by atoms with E-state index in [4.69, 9.17) is 0 Å². The van der Waals surface area contributed by atoms with E-state index in [1.165, 1.54) is 0 Å². The Kier molecular flexibility index (Phi) is 8.95. The second kappa shape index (κ2) is 12.2. The van der Waals surface area contributed by atoms with Gasteiger partial charge in [0.25, 0.3) is 0 Å². The number of aryl methyl sites for hydroxylation is 4. The zero-order chi connectivity index (χ0) is 29.0. The highest BCUT2D eigenvalue weighted by atomic mass is 32.2. The molecule has 8 nitrogen and oxygen atoms in total. The molecule has 40 heavy (non-hydrogen) atoms. The summed E-state index contributed by atoms with van der Waals surface area (Å²) in [6.45, 7) is 7.23. The van der Waals surface area contributed by atoms with Crippen LogP contribution in [0.15, 0.2) is 59.5 Å². The molecule has 1 saturated carbocycles. The van der Waals surface area contributed by atoms with Crippen LogP contribution in [0.25, 0.3) is 11.1 Å². The number of carboxylic acid groups (broad SMARTS) is 1. The lowest BCUT2D eigenvalue weighted by atomic mass is 9.99. The summed E-state index contributed by atoms with van der Waals surface area (Å²) >= 11 is 0. The van der Waals surface area contributed by atoms with E-state index in [0.717, 1.165) is 53.6 Å². The van der Waals surface area contributed by atoms with Gasteiger partial charge in [0.05, 0.1) is 4.90 Å². The SMILES string of the molecule is Cc1cc(C)c(S(=O)(=O)N[C@@H](Cc2ccc(-c3ccc(C)c(NC(=O)NC4CCCC4)c3)cc2)C(=O)O)c(C)c1. The number of hydrogen-bond acceptors (Lipinski definition) is 4. The predicted octanol–water partition coefficient (Wildman–Crippen LogP) is 5.63. The van der Waals surface area contributed by atoms with Gasteiger partial charge in [-0.05, 0) is 86.4 Å². The number of urea groups is 1. The van der Waals surface area contributed by atoms with Crippen molar-refractivity contribution >= 4 is 27.7 Å². The van der Waals surface area contributed by atoms with Gasteiger partial charge in [0.15, 0.2) is 0 Å². The van der Waals surface area contributed by atoms with Crippen LogP contribution in [0.3, 0.4) is 0 Å². The van der Waals surface area contributed by atoms with Crippen molar-refractivity contribution in [2.75, 3.05) is 5.32 Å². The lowest BCUT2D eigenvalue weighted by Gasteiger charge is -2.18. The first kappa shape index (κ1) is 29.3. The Morgan fingerprint density at radius 1 is 0.875 bits per heavy atom. The third-order valence-corrected chi connectivity index (χ3v) is 9.15. The van der Waals surface area contributed by atoms with Crippen LogP contribution >= 0.6 is 0 Å². The van der Waals surface area contributed by atoms with E-state index in [-0.39, 0.29) is 23.4 Å². The summed E-state index contributed by atoms with van der Waals surface area (Å²) in [7, 11) is -4.05. The Balaban J connectivity index is 1.47. The normalized spacial score (nSPS) is 14.6. The second-order valence-corrected chi connectivity index (χ2v) is 12.4. The molecule has 3 aromatic rings. The van der Waals surface area contributed by atoms with Gasteiger partial charge >= 0.3 is 12.0 Å². The van der Waals surface area contributed by atoms with E-state index in [1.54, 1.807) is 38.1 Å². The van der Waals surface area contributed by atoms with Gasteiger partial charge in [-0.15, -0.1) is 0 Å². The van der Waals surface area contributed by atoms with Crippen LogP contribution in [-0.2, 0) is 21.2 Å². The van der Waals surface area contributed by atoms with Gasteiger partial charge in [0.2, 0.25) is 10.0 Å². The van der Waals surface area contributed by atoms with Gasteiger partial charge in [0.1, 0.15) is 6.04 Å². The van der Waals surface area contributed by atoms with Crippen LogP contribution in [0, 0.1) is 27.7 Å². The van der Waals surface area contributed by atoms with E-state index >= 15 is 0 Å². The minimum atomic E-state index is -4.05. The quantitative estimate of drug-likeness (QED) is 0.269. The van der Waals surface area contributed by atoms with Gasteiger partial charge in [0, 0.05) is 11.7 Å². The van der Waals surface area contributed by atoms with E-state index in [1.807, 2.05) is 44.2 Å². The highest BCUT2D eigenvalue weighted by Gasteiger charge is 2.28. The maximum Gasteiger partial charge on any atom is 0.322 e. The fourth-order valence-electron chi connectivity index (χ4n) is 5.44. The highest BCUT2D eigenvalue weighted by molar-refractivity contribution is 7.89. The number of carboxylic acids is 1. The Bertz CT molecular complexity index is 1490. The number of rotatable bonds is 9. The van der Waals surface area contributed by atoms with Crippen LogP contribution in [-0.4, -0.2) is 37.6 Å². The standard InChI is InChI=1S/C31H37N3O5S/c1-19-15-21(3)29(22(4)16-19)40(38,39)34-28(30(35)36)17-23-10-13-24(14-11-23)25-12-9-20(2)27(18-25)33-31(37)32-26-7-5-6-8-26/h9-16,18,26,28,34H,5-8,17H2,1-4H3,(H,35,36)(H2,32,33,37)/t28-/m0/s1. The molecule has 1 fully saturated rings. The van der Waals surface area contributed by atoms with Crippen LogP contribution in [0.5, 0.6) is 0 Å². The maximum atomic E-state index is 13.2. The average Bonchev–Trinajstić information content (AvgIpc) is 3.37. The molecule has 2 amide bonds. The molecule has 4 rings (SSSR count). The molecular formula is C31H37N3O5S. The Morgan fingerprint density at radius 2 is 1.48 bits per heavy atom. The Hall–Kier alpha value is -3.69. The van der Waals surface area contributed by atoms with Crippen LogP contribution in [0.1, 0.15) is 53.5 Å². The summed E-state index contributed by atoms with van der Waals surface area (Å²) in [4.78, 5) is 24.6. The number of amides is 2. The minimum absolute atomic E-state index is 0.0131. The van der Waals surface area contributed by atoms with Crippen molar-refractivity contribution in [3.8, 4) is 11.1 Å². The van der Waals surface area contributed by atoms with Crippen LogP contribution < -0.4 is 15.4 Å². The lowest BCUT2D eigenvalue weighted by Crippen LogP contribution is -2.42. The molecule has 0 heterocycles. The molecule has 1 aliphatic carbocycles. The number of hydrogen-bond donors (Lipinski definition) is 4. The summed E-state index contributed by atoms with van der Waals surface area (Å²) in [5.41, 5.74) is 6.21. The van der Waals surface area contributed by atoms with Crippen molar-refractivity contribution in [2.45, 2.75) is 76.8 Å². The Labute approximate surface area is 236 Å². The first-order chi connectivity index (χ1) is 18.9. The van der Waals surface area contributed by atoms with Crippen molar-refractivity contribution in [3.63, 3.8) is 0 Å². The topological polar surface area (TPSA) is 125 Å². The monoisotopic (exact) mass is 563 g/mol. The van der Waals surface area contributed by atoms with Crippen molar-refractivity contribution in [3.05, 3.63) is 82.4 Å². The lowest BCUT2D eigenvalue weighted by molar-refractivity contribution is -0.138. The molecule has 0 saturated heterocycles. The molecule has 3 aromatic carbocycles. The zero-order valence-corrected chi connectivity index (χ0v) is 24.2. The first-order valence-corrected chi connectivity index (χ1v) is 15.0. The molecular weight excluding hydrogens is 526 g/mol. The number of anilines is 1. The fourth-order valence-corrected chi connectivity index (χ4v) is 7.08. The molecule has 4 N–H and O–H groups in total. The summed E-state index contributed by atoms with van der Waals surface area (Å²) < 4.78 is 28.7. The molecule has 0 unspecified atom stereocenters. The van der Waals surface area contributed by atoms with Gasteiger partial charge in [-0.1, -0.05) is 66.9 Å². The van der Waals surface area contributed by atoms with Gasteiger partial charge in [-0.25, -0.2) is 13.2 Å². The summed E-state index contributed by atoms with van der Waals surface area (Å²) in [5.74, 6) is -1.25. The molecule has 0 aromatic heterocycles. The van der Waals surface area contributed by atoms with Crippen LogP contribution in [0.2, 0.25) is 0 Å². The Morgan fingerprint density at radius 3 is 2.08 bits per heavy atom. The summed E-state index contributed by atoms with van der Waals surface area (Å²) in [6, 6.07) is 15.4. The molecule has 1 atom stereocenters. The number of nitrogens with one attached hydrogen (secondary N) is 3. The maximum absolute atomic E-state index is 13.2. The van der Waals surface area contributed by atoms with E-state index in [0.29, 0.717) is 16.7 Å².